The minimum Gasteiger partial charge on any atom is -0.378 e. The fourth-order valence-corrected chi connectivity index (χ4v) is 3.17. The first kappa shape index (κ1) is 19.3. The van der Waals surface area contributed by atoms with Crippen molar-refractivity contribution in [1.82, 2.24) is 10.2 Å². The third-order valence-electron chi connectivity index (χ3n) is 4.25. The molecule has 0 bridgehead atoms. The molecule has 1 heterocycles. The van der Waals surface area contributed by atoms with Crippen LogP contribution in [0, 0.1) is 6.92 Å². The zero-order chi connectivity index (χ0) is 19.2. The fraction of sp³-hybridized carbons (Fsp3) is 0.238. The Morgan fingerprint density at radius 1 is 1.11 bits per heavy atom. The molecule has 1 N–H and O–H groups in total. The Kier molecular flexibility index (Phi) is 6.42. The van der Waals surface area contributed by atoms with Crippen LogP contribution in [0.1, 0.15) is 21.5 Å². The molecule has 2 aromatic carbocycles. The second kappa shape index (κ2) is 8.97. The van der Waals surface area contributed by atoms with Gasteiger partial charge in [0.15, 0.2) is 0 Å². The highest BCUT2D eigenvalue weighted by molar-refractivity contribution is 9.10. The lowest BCUT2D eigenvalue weighted by molar-refractivity contribution is -0.131. The van der Waals surface area contributed by atoms with Crippen molar-refractivity contribution in [1.29, 1.82) is 0 Å². The van der Waals surface area contributed by atoms with Crippen molar-refractivity contribution in [3.05, 3.63) is 75.4 Å². The Bertz CT molecular complexity index is 856. The SMILES string of the molecule is Cc1ccc(C(=O)N/C(=C/c2cccc(Br)c2)C(=O)N2CCOCC2)cc1. The summed E-state index contributed by atoms with van der Waals surface area (Å²) in [5, 5.41) is 2.79. The minimum atomic E-state index is -0.308. The average molecular weight is 429 g/mol. The average Bonchev–Trinajstić information content (AvgIpc) is 2.68. The topological polar surface area (TPSA) is 58.6 Å². The van der Waals surface area contributed by atoms with E-state index in [0.717, 1.165) is 15.6 Å². The van der Waals surface area contributed by atoms with Gasteiger partial charge in [-0.25, -0.2) is 0 Å². The number of rotatable bonds is 4. The van der Waals surface area contributed by atoms with Crippen molar-refractivity contribution < 1.29 is 14.3 Å². The lowest BCUT2D eigenvalue weighted by Gasteiger charge is -2.27. The standard InChI is InChI=1S/C21H21BrN2O3/c1-15-5-7-17(8-6-15)20(25)23-19(14-16-3-2-4-18(22)13-16)21(26)24-9-11-27-12-10-24/h2-8,13-14H,9-12H2,1H3,(H,23,25)/b19-14+. The molecular weight excluding hydrogens is 408 g/mol. The fourth-order valence-electron chi connectivity index (χ4n) is 2.75. The maximum atomic E-state index is 13.0. The lowest BCUT2D eigenvalue weighted by Crippen LogP contribution is -2.44. The number of hydrogen-bond donors (Lipinski definition) is 1. The zero-order valence-corrected chi connectivity index (χ0v) is 16.7. The smallest absolute Gasteiger partial charge is 0.270 e. The normalized spacial score (nSPS) is 14.7. The molecule has 5 nitrogen and oxygen atoms in total. The van der Waals surface area contributed by atoms with Gasteiger partial charge in [0.2, 0.25) is 0 Å². The van der Waals surface area contributed by atoms with Gasteiger partial charge < -0.3 is 15.0 Å². The molecule has 1 saturated heterocycles. The number of nitrogens with one attached hydrogen (secondary N) is 1. The molecule has 2 amide bonds. The molecule has 3 rings (SSSR count). The highest BCUT2D eigenvalue weighted by Crippen LogP contribution is 2.16. The molecule has 1 aliphatic rings. The molecule has 0 aliphatic carbocycles. The lowest BCUT2D eigenvalue weighted by atomic mass is 10.1. The van der Waals surface area contributed by atoms with Crippen LogP contribution < -0.4 is 5.32 Å². The van der Waals surface area contributed by atoms with Crippen molar-refractivity contribution in [2.45, 2.75) is 6.92 Å². The van der Waals surface area contributed by atoms with Gasteiger partial charge in [-0.1, -0.05) is 45.8 Å². The van der Waals surface area contributed by atoms with E-state index >= 15 is 0 Å². The van der Waals surface area contributed by atoms with Gasteiger partial charge in [-0.2, -0.15) is 0 Å². The molecule has 0 atom stereocenters. The van der Waals surface area contributed by atoms with Crippen LogP contribution in [-0.2, 0) is 9.53 Å². The third-order valence-corrected chi connectivity index (χ3v) is 4.74. The minimum absolute atomic E-state index is 0.210. The molecule has 2 aromatic rings. The quantitative estimate of drug-likeness (QED) is 0.759. The van der Waals surface area contributed by atoms with Crippen LogP contribution >= 0.6 is 15.9 Å². The van der Waals surface area contributed by atoms with Gasteiger partial charge in [0.25, 0.3) is 11.8 Å². The highest BCUT2D eigenvalue weighted by atomic mass is 79.9. The molecule has 0 aromatic heterocycles. The number of halogens is 1. The maximum Gasteiger partial charge on any atom is 0.270 e. The Hall–Kier alpha value is -2.44. The predicted molar refractivity (Wildman–Crippen MR) is 108 cm³/mol. The molecular formula is C21H21BrN2O3. The van der Waals surface area contributed by atoms with Gasteiger partial charge >= 0.3 is 0 Å². The molecule has 27 heavy (non-hydrogen) atoms. The Balaban J connectivity index is 1.87. The van der Waals surface area contributed by atoms with Gasteiger partial charge in [0.1, 0.15) is 5.70 Å². The molecule has 140 valence electrons. The van der Waals surface area contributed by atoms with E-state index in [1.165, 1.54) is 0 Å². The predicted octanol–water partition coefficient (Wildman–Crippen LogP) is 3.39. The number of aryl methyl sites for hydroxylation is 1. The number of amides is 2. The maximum absolute atomic E-state index is 13.0. The third kappa shape index (κ3) is 5.28. The number of carbonyl (C=O) groups excluding carboxylic acids is 2. The first-order chi connectivity index (χ1) is 13.0. The van der Waals surface area contributed by atoms with Crippen LogP contribution in [0.4, 0.5) is 0 Å². The van der Waals surface area contributed by atoms with Crippen LogP contribution in [0.25, 0.3) is 6.08 Å². The summed E-state index contributed by atoms with van der Waals surface area (Å²) in [6.45, 7) is 3.98. The summed E-state index contributed by atoms with van der Waals surface area (Å²) in [4.78, 5) is 27.3. The molecule has 0 spiro atoms. The van der Waals surface area contributed by atoms with Crippen molar-refractivity contribution in [3.63, 3.8) is 0 Å². The van der Waals surface area contributed by atoms with Crippen LogP contribution in [0.15, 0.2) is 58.7 Å². The first-order valence-corrected chi connectivity index (χ1v) is 9.54. The summed E-state index contributed by atoms with van der Waals surface area (Å²) in [5.41, 5.74) is 2.65. The summed E-state index contributed by atoms with van der Waals surface area (Å²) in [6.07, 6.45) is 1.70. The van der Waals surface area contributed by atoms with E-state index in [0.29, 0.717) is 31.9 Å². The highest BCUT2D eigenvalue weighted by Gasteiger charge is 2.22. The number of benzene rings is 2. The molecule has 1 aliphatic heterocycles. The number of ether oxygens (including phenoxy) is 1. The molecule has 0 unspecified atom stereocenters. The van der Waals surface area contributed by atoms with E-state index in [2.05, 4.69) is 21.2 Å². The van der Waals surface area contributed by atoms with Crippen molar-refractivity contribution >= 4 is 33.8 Å². The summed E-state index contributed by atoms with van der Waals surface area (Å²) in [7, 11) is 0. The molecule has 1 fully saturated rings. The number of carbonyl (C=O) groups is 2. The van der Waals surface area contributed by atoms with Crippen molar-refractivity contribution in [2.24, 2.45) is 0 Å². The van der Waals surface area contributed by atoms with Crippen LogP contribution in [0.5, 0.6) is 0 Å². The molecule has 0 saturated carbocycles. The van der Waals surface area contributed by atoms with E-state index in [1.54, 1.807) is 23.1 Å². The summed E-state index contributed by atoms with van der Waals surface area (Å²) in [5.74, 6) is -0.517. The summed E-state index contributed by atoms with van der Waals surface area (Å²) in [6, 6.07) is 14.8. The van der Waals surface area contributed by atoms with Crippen molar-refractivity contribution in [3.8, 4) is 0 Å². The number of morpholine rings is 1. The first-order valence-electron chi connectivity index (χ1n) is 8.75. The van der Waals surface area contributed by atoms with Crippen LogP contribution in [0.3, 0.4) is 0 Å². The second-order valence-corrected chi connectivity index (χ2v) is 7.25. The number of nitrogens with zero attached hydrogens (tertiary/aromatic N) is 1. The van der Waals surface area contributed by atoms with Crippen LogP contribution in [0.2, 0.25) is 0 Å². The summed E-state index contributed by atoms with van der Waals surface area (Å²) < 4.78 is 6.22. The van der Waals surface area contributed by atoms with Crippen molar-refractivity contribution in [2.75, 3.05) is 26.3 Å². The van der Waals surface area contributed by atoms with Gasteiger partial charge in [0.05, 0.1) is 13.2 Å². The van der Waals surface area contributed by atoms with Gasteiger partial charge in [-0.15, -0.1) is 0 Å². The Morgan fingerprint density at radius 3 is 2.48 bits per heavy atom. The Morgan fingerprint density at radius 2 is 1.81 bits per heavy atom. The molecule has 0 radical (unpaired) electrons. The van der Waals surface area contributed by atoms with Gasteiger partial charge in [-0.05, 0) is 42.8 Å². The van der Waals surface area contributed by atoms with E-state index in [9.17, 15) is 9.59 Å². The van der Waals surface area contributed by atoms with Crippen LogP contribution in [-0.4, -0.2) is 43.0 Å². The largest absolute Gasteiger partial charge is 0.378 e. The molecule has 6 heteroatoms. The summed E-state index contributed by atoms with van der Waals surface area (Å²) >= 11 is 3.43. The van der Waals surface area contributed by atoms with E-state index in [-0.39, 0.29) is 17.5 Å². The second-order valence-electron chi connectivity index (χ2n) is 6.34. The van der Waals surface area contributed by atoms with Gasteiger partial charge in [0, 0.05) is 23.1 Å². The van der Waals surface area contributed by atoms with E-state index in [1.807, 2.05) is 43.3 Å². The van der Waals surface area contributed by atoms with E-state index in [4.69, 9.17) is 4.74 Å². The zero-order valence-electron chi connectivity index (χ0n) is 15.1. The Labute approximate surface area is 167 Å². The number of hydrogen-bond acceptors (Lipinski definition) is 3. The monoisotopic (exact) mass is 428 g/mol. The van der Waals surface area contributed by atoms with E-state index < -0.39 is 0 Å². The van der Waals surface area contributed by atoms with Gasteiger partial charge in [-0.3, -0.25) is 9.59 Å².